The topological polar surface area (TPSA) is 104 Å². The van der Waals surface area contributed by atoms with Crippen LogP contribution >= 0.6 is 0 Å². The van der Waals surface area contributed by atoms with Crippen LogP contribution in [0.5, 0.6) is 0 Å². The van der Waals surface area contributed by atoms with Crippen LogP contribution in [0.4, 0.5) is 5.95 Å². The molecule has 1 unspecified atom stereocenters. The third-order valence-corrected chi connectivity index (χ3v) is 5.64. The summed E-state index contributed by atoms with van der Waals surface area (Å²) in [5.74, 6) is -0.00468. The van der Waals surface area contributed by atoms with Crippen LogP contribution in [-0.2, 0) is 4.79 Å². The molecule has 2 amide bonds. The third-order valence-electron chi connectivity index (χ3n) is 5.64. The quantitative estimate of drug-likeness (QED) is 0.476. The van der Waals surface area contributed by atoms with Crippen molar-refractivity contribution in [3.05, 3.63) is 66.0 Å². The number of carbonyl (C=O) groups excluding carboxylic acids is 2. The molecule has 3 heterocycles. The fourth-order valence-corrected chi connectivity index (χ4v) is 4.18. The SMILES string of the molecule is CC(C)/C=C(\C#N)C(=O)N1CCCC(n2c(NC(=O)c3cccnc3)nc3ccccc32)C1. The number of hydrogen-bond donors (Lipinski definition) is 1. The van der Waals surface area contributed by atoms with Gasteiger partial charge >= 0.3 is 0 Å². The number of rotatable bonds is 5. The lowest BCUT2D eigenvalue weighted by Gasteiger charge is -2.34. The molecule has 0 bridgehead atoms. The first-order chi connectivity index (χ1) is 16.0. The Hall–Kier alpha value is -3.99. The Balaban J connectivity index is 1.66. The summed E-state index contributed by atoms with van der Waals surface area (Å²) in [5, 5.41) is 12.4. The van der Waals surface area contributed by atoms with Crippen LogP contribution < -0.4 is 5.32 Å². The number of amides is 2. The fourth-order valence-electron chi connectivity index (χ4n) is 4.18. The number of nitrogens with zero attached hydrogens (tertiary/aromatic N) is 5. The number of hydrogen-bond acceptors (Lipinski definition) is 5. The molecule has 8 nitrogen and oxygen atoms in total. The molecule has 1 aliphatic heterocycles. The average Bonchev–Trinajstić information content (AvgIpc) is 3.20. The van der Waals surface area contributed by atoms with Crippen LogP contribution in [0, 0.1) is 17.2 Å². The van der Waals surface area contributed by atoms with Crippen molar-refractivity contribution < 1.29 is 9.59 Å². The van der Waals surface area contributed by atoms with Crippen molar-refractivity contribution >= 4 is 28.8 Å². The van der Waals surface area contributed by atoms with Gasteiger partial charge in [0.15, 0.2) is 0 Å². The highest BCUT2D eigenvalue weighted by molar-refractivity contribution is 6.04. The summed E-state index contributed by atoms with van der Waals surface area (Å²) < 4.78 is 2.00. The molecule has 0 saturated carbocycles. The zero-order chi connectivity index (χ0) is 23.4. The molecule has 33 heavy (non-hydrogen) atoms. The summed E-state index contributed by atoms with van der Waals surface area (Å²) in [6, 6.07) is 13.1. The van der Waals surface area contributed by atoms with Gasteiger partial charge in [-0.05, 0) is 43.0 Å². The molecular weight excluding hydrogens is 416 g/mol. The molecule has 3 aromatic rings. The largest absolute Gasteiger partial charge is 0.336 e. The second kappa shape index (κ2) is 9.65. The second-order valence-corrected chi connectivity index (χ2v) is 8.47. The van der Waals surface area contributed by atoms with Gasteiger partial charge in [-0.25, -0.2) is 4.98 Å². The zero-order valence-corrected chi connectivity index (χ0v) is 18.7. The normalized spacial score (nSPS) is 16.6. The van der Waals surface area contributed by atoms with Crippen molar-refractivity contribution in [1.82, 2.24) is 19.4 Å². The van der Waals surface area contributed by atoms with Gasteiger partial charge in [-0.15, -0.1) is 0 Å². The molecule has 168 valence electrons. The number of imidazole rings is 1. The maximum Gasteiger partial charge on any atom is 0.264 e. The number of likely N-dealkylation sites (tertiary alicyclic amines) is 1. The highest BCUT2D eigenvalue weighted by Gasteiger charge is 2.29. The van der Waals surface area contributed by atoms with E-state index in [-0.39, 0.29) is 29.3 Å². The summed E-state index contributed by atoms with van der Waals surface area (Å²) in [7, 11) is 0. The van der Waals surface area contributed by atoms with Crippen molar-refractivity contribution in [3.63, 3.8) is 0 Å². The number of benzene rings is 1. The van der Waals surface area contributed by atoms with Gasteiger partial charge in [-0.2, -0.15) is 5.26 Å². The van der Waals surface area contributed by atoms with E-state index in [0.29, 0.717) is 24.6 Å². The predicted octanol–water partition coefficient (Wildman–Crippen LogP) is 3.95. The van der Waals surface area contributed by atoms with E-state index in [9.17, 15) is 14.9 Å². The molecule has 1 atom stereocenters. The number of pyridine rings is 1. The van der Waals surface area contributed by atoms with Crippen LogP contribution in [-0.4, -0.2) is 44.3 Å². The number of nitriles is 1. The summed E-state index contributed by atoms with van der Waals surface area (Å²) >= 11 is 0. The number of piperidine rings is 1. The molecule has 1 saturated heterocycles. The molecule has 0 radical (unpaired) electrons. The molecule has 1 N–H and O–H groups in total. The van der Waals surface area contributed by atoms with Crippen LogP contribution in [0.3, 0.4) is 0 Å². The predicted molar refractivity (Wildman–Crippen MR) is 125 cm³/mol. The number of anilines is 1. The monoisotopic (exact) mass is 442 g/mol. The molecule has 4 rings (SSSR count). The van der Waals surface area contributed by atoms with Gasteiger partial charge in [-0.1, -0.05) is 32.1 Å². The zero-order valence-electron chi connectivity index (χ0n) is 18.7. The lowest BCUT2D eigenvalue weighted by atomic mass is 10.0. The molecule has 1 aliphatic rings. The van der Waals surface area contributed by atoms with E-state index >= 15 is 0 Å². The van der Waals surface area contributed by atoms with Crippen molar-refractivity contribution in [2.75, 3.05) is 18.4 Å². The second-order valence-electron chi connectivity index (χ2n) is 8.47. The Bertz CT molecular complexity index is 1240. The van der Waals surface area contributed by atoms with Crippen molar-refractivity contribution in [2.24, 2.45) is 5.92 Å². The summed E-state index contributed by atoms with van der Waals surface area (Å²) in [6.07, 6.45) is 6.45. The van der Waals surface area contributed by atoms with Crippen molar-refractivity contribution in [3.8, 4) is 6.07 Å². The fraction of sp³-hybridized carbons (Fsp3) is 0.320. The number of carbonyl (C=O) groups is 2. The molecule has 8 heteroatoms. The smallest absolute Gasteiger partial charge is 0.264 e. The third kappa shape index (κ3) is 4.77. The maximum atomic E-state index is 13.0. The van der Waals surface area contributed by atoms with Gasteiger partial charge in [0.2, 0.25) is 5.95 Å². The Kier molecular flexibility index (Phi) is 6.50. The number of aromatic nitrogens is 3. The first-order valence-corrected chi connectivity index (χ1v) is 11.1. The standard InChI is InChI=1S/C25H26N6O2/c1-17(2)13-19(14-26)24(33)30-12-6-8-20(16-30)31-22-10-4-3-9-21(22)28-25(31)29-23(32)18-7-5-11-27-15-18/h3-5,7,9-11,13,15,17,20H,6,8,12,16H2,1-2H3,(H,28,29,32)/b19-13+. The molecule has 1 aromatic carbocycles. The van der Waals surface area contributed by atoms with Crippen LogP contribution in [0.2, 0.25) is 0 Å². The minimum atomic E-state index is -0.296. The first kappa shape index (κ1) is 22.2. The minimum Gasteiger partial charge on any atom is -0.336 e. The first-order valence-electron chi connectivity index (χ1n) is 11.1. The van der Waals surface area contributed by atoms with Crippen molar-refractivity contribution in [1.29, 1.82) is 5.26 Å². The van der Waals surface area contributed by atoms with Gasteiger partial charge in [0.1, 0.15) is 11.6 Å². The van der Waals surface area contributed by atoms with Gasteiger partial charge in [0.05, 0.1) is 22.6 Å². The highest BCUT2D eigenvalue weighted by atomic mass is 16.2. The molecule has 2 aromatic heterocycles. The minimum absolute atomic E-state index is 0.0849. The van der Waals surface area contributed by atoms with E-state index in [1.165, 1.54) is 6.20 Å². The number of para-hydroxylation sites is 2. The lowest BCUT2D eigenvalue weighted by Crippen LogP contribution is -2.41. The van der Waals surface area contributed by atoms with Crippen molar-refractivity contribution in [2.45, 2.75) is 32.7 Å². The van der Waals surface area contributed by atoms with Gasteiger partial charge < -0.3 is 9.47 Å². The average molecular weight is 443 g/mol. The lowest BCUT2D eigenvalue weighted by molar-refractivity contribution is -0.128. The van der Waals surface area contributed by atoms with Gasteiger partial charge in [0, 0.05) is 25.5 Å². The van der Waals surface area contributed by atoms with E-state index in [1.54, 1.807) is 29.3 Å². The number of allylic oxidation sites excluding steroid dienone is 1. The Morgan fingerprint density at radius 3 is 2.79 bits per heavy atom. The molecule has 1 fully saturated rings. The van der Waals surface area contributed by atoms with E-state index < -0.39 is 0 Å². The van der Waals surface area contributed by atoms with E-state index in [4.69, 9.17) is 0 Å². The van der Waals surface area contributed by atoms with Crippen LogP contribution in [0.25, 0.3) is 11.0 Å². The Morgan fingerprint density at radius 2 is 2.06 bits per heavy atom. The van der Waals surface area contributed by atoms with Gasteiger partial charge in [0.25, 0.3) is 11.8 Å². The molecular formula is C25H26N6O2. The highest BCUT2D eigenvalue weighted by Crippen LogP contribution is 2.31. The molecule has 0 aliphatic carbocycles. The number of fused-ring (bicyclic) bond motifs is 1. The summed E-state index contributed by atoms with van der Waals surface area (Å²) in [5.41, 5.74) is 2.26. The summed E-state index contributed by atoms with van der Waals surface area (Å²) in [6.45, 7) is 4.92. The molecule has 0 spiro atoms. The van der Waals surface area contributed by atoms with E-state index in [1.807, 2.05) is 42.7 Å². The van der Waals surface area contributed by atoms with Crippen LogP contribution in [0.15, 0.2) is 60.4 Å². The maximum absolute atomic E-state index is 13.0. The van der Waals surface area contributed by atoms with Crippen LogP contribution in [0.1, 0.15) is 43.1 Å². The van der Waals surface area contributed by atoms with E-state index in [0.717, 1.165) is 23.9 Å². The van der Waals surface area contributed by atoms with Gasteiger partial charge in [-0.3, -0.25) is 19.9 Å². The Morgan fingerprint density at radius 1 is 1.24 bits per heavy atom. The summed E-state index contributed by atoms with van der Waals surface area (Å²) in [4.78, 5) is 36.2. The van der Waals surface area contributed by atoms with E-state index in [2.05, 4.69) is 21.4 Å². The Labute approximate surface area is 192 Å². The number of nitrogens with one attached hydrogen (secondary N) is 1.